The third kappa shape index (κ3) is 8.24. The first kappa shape index (κ1) is 34.0. The van der Waals surface area contributed by atoms with Crippen LogP contribution in [0.15, 0.2) is 82.6 Å². The lowest BCUT2D eigenvalue weighted by molar-refractivity contribution is -0.134. The lowest BCUT2D eigenvalue weighted by Crippen LogP contribution is -2.16. The number of fused-ring (bicyclic) bond motifs is 1. The number of hydrogen-bond acceptors (Lipinski definition) is 7. The molecule has 0 saturated heterocycles. The fraction of sp³-hybridized carbons (Fsp3) is 0.333. The maximum Gasteiger partial charge on any atom is 0.334 e. The van der Waals surface area contributed by atoms with Gasteiger partial charge in [0, 0.05) is 27.5 Å². The van der Waals surface area contributed by atoms with Gasteiger partial charge in [0.2, 0.25) is 11.5 Å². The zero-order chi connectivity index (χ0) is 32.3. The number of halogens is 1. The summed E-state index contributed by atoms with van der Waals surface area (Å²) >= 11 is 6.61. The van der Waals surface area contributed by atoms with Crippen LogP contribution in [0.3, 0.4) is 0 Å². The summed E-state index contributed by atoms with van der Waals surface area (Å²) in [6.07, 6.45) is 3.86. The molecule has 0 bridgehead atoms. The van der Waals surface area contributed by atoms with Gasteiger partial charge in [-0.05, 0) is 54.7 Å². The Hall–Kier alpha value is -3.88. The van der Waals surface area contributed by atoms with Crippen molar-refractivity contribution >= 4 is 45.1 Å². The number of esters is 2. The third-order valence-corrected chi connectivity index (χ3v) is 9.01. The molecule has 238 valence electrons. The zero-order valence-electron chi connectivity index (χ0n) is 26.1. The Balaban J connectivity index is 1.98. The molecule has 0 fully saturated rings. The summed E-state index contributed by atoms with van der Waals surface area (Å²) in [5, 5.41) is -0.320. The fourth-order valence-electron chi connectivity index (χ4n) is 4.74. The molecule has 0 amide bonds. The van der Waals surface area contributed by atoms with Gasteiger partial charge in [-0.3, -0.25) is 4.79 Å². The Labute approximate surface area is 272 Å². The topological polar surface area (TPSA) is 88.1 Å². The number of benzene rings is 4. The highest BCUT2D eigenvalue weighted by Gasteiger charge is 2.30. The molecule has 0 saturated carbocycles. The normalized spacial score (nSPS) is 12.4. The molecular weight excluding hydrogens is 612 g/mol. The minimum atomic E-state index is -1.56. The van der Waals surface area contributed by atoms with Crippen LogP contribution in [0.1, 0.15) is 69.9 Å². The number of hydrogen-bond donors (Lipinski definition) is 0. The van der Waals surface area contributed by atoms with Gasteiger partial charge in [0.25, 0.3) is 0 Å². The van der Waals surface area contributed by atoms with E-state index in [1.807, 2.05) is 51.1 Å². The number of carbonyl (C=O) groups is 2. The van der Waals surface area contributed by atoms with Gasteiger partial charge in [0.05, 0.1) is 24.0 Å². The van der Waals surface area contributed by atoms with E-state index in [2.05, 4.69) is 0 Å². The lowest BCUT2D eigenvalue weighted by atomic mass is 10.1. The molecule has 0 aliphatic carbocycles. The molecular formula is C36H39ClO7S. The van der Waals surface area contributed by atoms with Crippen molar-refractivity contribution in [1.82, 2.24) is 0 Å². The van der Waals surface area contributed by atoms with Crippen molar-refractivity contribution in [1.29, 1.82) is 0 Å². The fourth-order valence-corrected chi connectivity index (χ4v) is 6.25. The monoisotopic (exact) mass is 650 g/mol. The largest absolute Gasteiger partial charge is 0.486 e. The van der Waals surface area contributed by atoms with E-state index in [0.717, 1.165) is 24.8 Å². The molecule has 4 rings (SSSR count). The van der Waals surface area contributed by atoms with E-state index in [9.17, 15) is 13.8 Å². The van der Waals surface area contributed by atoms with E-state index in [1.54, 1.807) is 42.5 Å². The van der Waals surface area contributed by atoms with Crippen molar-refractivity contribution in [2.24, 2.45) is 0 Å². The molecule has 2 atom stereocenters. The molecule has 0 aromatic heterocycles. The Morgan fingerprint density at radius 1 is 0.756 bits per heavy atom. The van der Waals surface area contributed by atoms with Gasteiger partial charge in [0.15, 0.2) is 16.9 Å². The lowest BCUT2D eigenvalue weighted by Gasteiger charge is -2.22. The van der Waals surface area contributed by atoms with Crippen molar-refractivity contribution in [3.8, 4) is 23.0 Å². The molecule has 4 aromatic carbocycles. The summed E-state index contributed by atoms with van der Waals surface area (Å²) in [7, 11) is -1.56. The zero-order valence-corrected chi connectivity index (χ0v) is 27.7. The van der Waals surface area contributed by atoms with Gasteiger partial charge in [-0.2, -0.15) is 0 Å². The van der Waals surface area contributed by atoms with Crippen LogP contribution in [0, 0.1) is 0 Å². The molecule has 0 aliphatic heterocycles. The van der Waals surface area contributed by atoms with E-state index in [4.69, 9.17) is 30.5 Å². The van der Waals surface area contributed by atoms with Crippen molar-refractivity contribution in [3.63, 3.8) is 0 Å². The van der Waals surface area contributed by atoms with Crippen LogP contribution in [0.2, 0.25) is 0 Å². The number of unbranched alkanes of at least 4 members (excludes halogenated alkanes) is 2. The van der Waals surface area contributed by atoms with Gasteiger partial charge < -0.3 is 18.9 Å². The Bertz CT molecular complexity index is 1650. The van der Waals surface area contributed by atoms with Gasteiger partial charge >= 0.3 is 11.9 Å². The summed E-state index contributed by atoms with van der Waals surface area (Å²) in [6, 6.07) is 21.5. The smallest absolute Gasteiger partial charge is 0.334 e. The second kappa shape index (κ2) is 16.4. The molecule has 45 heavy (non-hydrogen) atoms. The Kier molecular flexibility index (Phi) is 12.4. The highest BCUT2D eigenvalue weighted by atomic mass is 35.5. The first-order valence-corrected chi connectivity index (χ1v) is 16.9. The average molecular weight is 651 g/mol. The summed E-state index contributed by atoms with van der Waals surface area (Å²) in [5.41, 5.74) is 1.52. The molecule has 9 heteroatoms. The molecule has 0 spiro atoms. The average Bonchev–Trinajstić information content (AvgIpc) is 3.06. The number of alkyl halides is 1. The van der Waals surface area contributed by atoms with Crippen LogP contribution in [0.5, 0.6) is 23.0 Å². The van der Waals surface area contributed by atoms with Crippen molar-refractivity contribution in [2.75, 3.05) is 13.2 Å². The van der Waals surface area contributed by atoms with E-state index in [-0.39, 0.29) is 29.6 Å². The molecule has 2 unspecified atom stereocenters. The summed E-state index contributed by atoms with van der Waals surface area (Å²) in [6.45, 7) is 7.97. The van der Waals surface area contributed by atoms with Crippen LogP contribution >= 0.6 is 11.6 Å². The number of rotatable bonds is 15. The number of carbonyl (C=O) groups excluding carboxylic acids is 2. The van der Waals surface area contributed by atoms with Crippen molar-refractivity contribution in [2.45, 2.75) is 75.0 Å². The first-order valence-electron chi connectivity index (χ1n) is 15.3. The SMILES string of the molecule is CCCCOc1c(OCCCC)c(OC(=O)C(Cl)c2ccccc2)c2cc(S(=O)c3ccccc3CC)ccc2c1OC(C)=O. The molecule has 4 aromatic rings. The summed E-state index contributed by atoms with van der Waals surface area (Å²) in [5.74, 6) is -0.830. The van der Waals surface area contributed by atoms with Crippen LogP contribution in [-0.2, 0) is 26.8 Å². The van der Waals surface area contributed by atoms with Crippen LogP contribution in [-0.4, -0.2) is 29.4 Å². The quantitative estimate of drug-likeness (QED) is 0.0550. The predicted molar refractivity (Wildman–Crippen MR) is 177 cm³/mol. The van der Waals surface area contributed by atoms with E-state index in [1.165, 1.54) is 6.92 Å². The minimum Gasteiger partial charge on any atom is -0.486 e. The van der Waals surface area contributed by atoms with Crippen LogP contribution < -0.4 is 18.9 Å². The first-order chi connectivity index (χ1) is 21.8. The summed E-state index contributed by atoms with van der Waals surface area (Å²) < 4.78 is 38.2. The van der Waals surface area contributed by atoms with Crippen LogP contribution in [0.25, 0.3) is 10.8 Å². The maximum absolute atomic E-state index is 13.9. The van der Waals surface area contributed by atoms with Gasteiger partial charge in [0.1, 0.15) is 0 Å². The van der Waals surface area contributed by atoms with Gasteiger partial charge in [-0.25, -0.2) is 9.00 Å². The molecule has 0 N–H and O–H groups in total. The molecule has 0 radical (unpaired) electrons. The molecule has 0 heterocycles. The maximum atomic E-state index is 13.9. The number of ether oxygens (including phenoxy) is 4. The van der Waals surface area contributed by atoms with Gasteiger partial charge in [-0.15, -0.1) is 11.6 Å². The van der Waals surface area contributed by atoms with E-state index in [0.29, 0.717) is 45.6 Å². The van der Waals surface area contributed by atoms with Crippen molar-refractivity contribution < 1.29 is 32.7 Å². The Morgan fingerprint density at radius 3 is 1.96 bits per heavy atom. The second-order valence-electron chi connectivity index (χ2n) is 10.4. The standard InChI is InChI=1S/C36H39ClO7S/c1-5-8-21-41-34-32(43-24(4)38)28-20-19-27(45(40)30-18-14-13-15-25(30)7-3)23-29(28)33(35(34)42-22-9-6-2)44-36(39)31(37)26-16-11-10-12-17-26/h10-20,23,31H,5-9,21-22H2,1-4H3. The Morgan fingerprint density at radius 2 is 1.36 bits per heavy atom. The third-order valence-electron chi connectivity index (χ3n) is 7.10. The summed E-state index contributed by atoms with van der Waals surface area (Å²) in [4.78, 5) is 27.1. The highest BCUT2D eigenvalue weighted by molar-refractivity contribution is 7.85. The molecule has 7 nitrogen and oxygen atoms in total. The molecule has 0 aliphatic rings. The van der Waals surface area contributed by atoms with Crippen molar-refractivity contribution in [3.05, 3.63) is 83.9 Å². The number of aryl methyl sites for hydroxylation is 1. The van der Waals surface area contributed by atoms with Crippen LogP contribution in [0.4, 0.5) is 0 Å². The predicted octanol–water partition coefficient (Wildman–Crippen LogP) is 8.74. The minimum absolute atomic E-state index is 0.0534. The highest BCUT2D eigenvalue weighted by Crippen LogP contribution is 2.52. The van der Waals surface area contributed by atoms with Gasteiger partial charge in [-0.1, -0.05) is 82.1 Å². The van der Waals surface area contributed by atoms with E-state index >= 15 is 0 Å². The second-order valence-corrected chi connectivity index (χ2v) is 12.3. The van der Waals surface area contributed by atoms with E-state index < -0.39 is 28.1 Å².